The van der Waals surface area contributed by atoms with E-state index in [1.54, 1.807) is 0 Å². The van der Waals surface area contributed by atoms with Gasteiger partial charge >= 0.3 is 0 Å². The van der Waals surface area contributed by atoms with Gasteiger partial charge in [-0.3, -0.25) is 0 Å². The molecule has 0 aliphatic heterocycles. The Bertz CT molecular complexity index is 138. The number of hydrogen-bond donors (Lipinski definition) is 1. The van der Waals surface area contributed by atoms with Crippen LogP contribution in [0.1, 0.15) is 45.4 Å². The van der Waals surface area contributed by atoms with Crippen molar-refractivity contribution < 1.29 is 4.74 Å². The minimum absolute atomic E-state index is 0.561. The molecule has 1 aliphatic carbocycles. The molecule has 1 fully saturated rings. The minimum atomic E-state index is 0.561. The second kappa shape index (κ2) is 7.24. The molecule has 2 atom stereocenters. The van der Waals surface area contributed by atoms with E-state index >= 15 is 0 Å². The van der Waals surface area contributed by atoms with Crippen LogP contribution in [0, 0.1) is 5.92 Å². The maximum Gasteiger partial charge on any atom is 0.0577 e. The Kier molecular flexibility index (Phi) is 6.20. The van der Waals surface area contributed by atoms with Gasteiger partial charge in [0.2, 0.25) is 0 Å². The van der Waals surface area contributed by atoms with Crippen molar-refractivity contribution in [3.63, 3.8) is 0 Å². The van der Waals surface area contributed by atoms with Crippen molar-refractivity contribution in [2.45, 2.75) is 51.6 Å². The quantitative estimate of drug-likeness (QED) is 0.664. The summed E-state index contributed by atoms with van der Waals surface area (Å²) in [7, 11) is 1.99. The first kappa shape index (κ1) is 12.0. The summed E-state index contributed by atoms with van der Waals surface area (Å²) in [6, 6.07) is 0. The van der Waals surface area contributed by atoms with Crippen molar-refractivity contribution in [1.29, 1.82) is 0 Å². The molecule has 2 heteroatoms. The van der Waals surface area contributed by atoms with Crippen LogP contribution in [0.4, 0.5) is 0 Å². The fraction of sp³-hybridized carbons (Fsp3) is 1.00. The molecule has 0 aromatic heterocycles. The predicted octanol–water partition coefficient (Wildman–Crippen LogP) is 2.58. The second-order valence-corrected chi connectivity index (χ2v) is 4.39. The molecule has 0 bridgehead atoms. The first-order chi connectivity index (χ1) is 6.86. The van der Waals surface area contributed by atoms with Crippen LogP contribution in [0.25, 0.3) is 0 Å². The Morgan fingerprint density at radius 1 is 1.36 bits per heavy atom. The summed E-state index contributed by atoms with van der Waals surface area (Å²) in [4.78, 5) is 0. The number of rotatable bonds is 6. The molecule has 1 rings (SSSR count). The van der Waals surface area contributed by atoms with Crippen LogP contribution in [0.5, 0.6) is 0 Å². The maximum atomic E-state index is 5.88. The molecule has 0 aromatic carbocycles. The van der Waals surface area contributed by atoms with Gasteiger partial charge in [0.25, 0.3) is 0 Å². The molecule has 1 N–H and O–H groups in total. The molecule has 0 heterocycles. The van der Waals surface area contributed by atoms with Crippen molar-refractivity contribution in [3.05, 3.63) is 0 Å². The van der Waals surface area contributed by atoms with E-state index in [4.69, 9.17) is 4.74 Å². The third-order valence-corrected chi connectivity index (χ3v) is 3.24. The Morgan fingerprint density at radius 2 is 2.21 bits per heavy atom. The Balaban J connectivity index is 2.05. The first-order valence-corrected chi connectivity index (χ1v) is 6.13. The van der Waals surface area contributed by atoms with E-state index in [-0.39, 0.29) is 0 Å². The van der Waals surface area contributed by atoms with Crippen molar-refractivity contribution in [1.82, 2.24) is 5.32 Å². The summed E-state index contributed by atoms with van der Waals surface area (Å²) < 4.78 is 5.88. The molecule has 0 amide bonds. The van der Waals surface area contributed by atoms with Gasteiger partial charge in [0.1, 0.15) is 0 Å². The van der Waals surface area contributed by atoms with E-state index in [2.05, 4.69) is 12.2 Å². The summed E-state index contributed by atoms with van der Waals surface area (Å²) >= 11 is 0. The third kappa shape index (κ3) is 4.43. The Hall–Kier alpha value is -0.0800. The molecular formula is C12H25NO. The van der Waals surface area contributed by atoms with Gasteiger partial charge < -0.3 is 10.1 Å². The van der Waals surface area contributed by atoms with Gasteiger partial charge in [-0.15, -0.1) is 0 Å². The first-order valence-electron chi connectivity index (χ1n) is 6.13. The molecule has 14 heavy (non-hydrogen) atoms. The zero-order chi connectivity index (χ0) is 10.2. The normalized spacial score (nSPS) is 27.9. The molecule has 0 saturated heterocycles. The minimum Gasteiger partial charge on any atom is -0.378 e. The predicted molar refractivity (Wildman–Crippen MR) is 60.5 cm³/mol. The van der Waals surface area contributed by atoms with E-state index < -0.39 is 0 Å². The van der Waals surface area contributed by atoms with E-state index in [9.17, 15) is 0 Å². The molecule has 0 radical (unpaired) electrons. The monoisotopic (exact) mass is 199 g/mol. The highest BCUT2D eigenvalue weighted by Crippen LogP contribution is 2.28. The van der Waals surface area contributed by atoms with E-state index in [1.807, 2.05) is 7.05 Å². The van der Waals surface area contributed by atoms with Crippen LogP contribution in [0.3, 0.4) is 0 Å². The standard InChI is InChI=1S/C12H25NO/c1-3-11-6-4-7-12(10-11)14-9-5-8-13-2/h11-13H,3-10H2,1-2H3. The highest BCUT2D eigenvalue weighted by molar-refractivity contribution is 4.72. The number of nitrogens with one attached hydrogen (secondary N) is 1. The third-order valence-electron chi connectivity index (χ3n) is 3.24. The van der Waals surface area contributed by atoms with Gasteiger partial charge in [-0.1, -0.05) is 26.2 Å². The van der Waals surface area contributed by atoms with Crippen LogP contribution in [-0.4, -0.2) is 26.3 Å². The lowest BCUT2D eigenvalue weighted by molar-refractivity contribution is 0.0117. The van der Waals surface area contributed by atoms with Crippen LogP contribution in [0.15, 0.2) is 0 Å². The number of ether oxygens (including phenoxy) is 1. The van der Waals surface area contributed by atoms with Crippen molar-refractivity contribution in [2.24, 2.45) is 5.92 Å². The van der Waals surface area contributed by atoms with Gasteiger partial charge in [0.05, 0.1) is 6.10 Å². The van der Waals surface area contributed by atoms with Gasteiger partial charge in [-0.25, -0.2) is 0 Å². The van der Waals surface area contributed by atoms with Crippen LogP contribution >= 0.6 is 0 Å². The Morgan fingerprint density at radius 3 is 2.93 bits per heavy atom. The highest BCUT2D eigenvalue weighted by atomic mass is 16.5. The lowest BCUT2D eigenvalue weighted by Gasteiger charge is -2.28. The van der Waals surface area contributed by atoms with Crippen LogP contribution < -0.4 is 5.32 Å². The molecule has 0 aromatic rings. The van der Waals surface area contributed by atoms with Crippen molar-refractivity contribution >= 4 is 0 Å². The summed E-state index contributed by atoms with van der Waals surface area (Å²) in [6.07, 6.45) is 8.42. The fourth-order valence-electron chi connectivity index (χ4n) is 2.26. The van der Waals surface area contributed by atoms with E-state index in [0.29, 0.717) is 6.10 Å². The largest absolute Gasteiger partial charge is 0.378 e. The topological polar surface area (TPSA) is 21.3 Å². The molecule has 1 aliphatic rings. The molecule has 1 saturated carbocycles. The summed E-state index contributed by atoms with van der Waals surface area (Å²) in [6.45, 7) is 4.31. The van der Waals surface area contributed by atoms with Crippen LogP contribution in [0.2, 0.25) is 0 Å². The Labute approximate surface area is 88.4 Å². The molecule has 2 nitrogen and oxygen atoms in total. The second-order valence-electron chi connectivity index (χ2n) is 4.39. The summed E-state index contributed by atoms with van der Waals surface area (Å²) in [5.74, 6) is 0.929. The van der Waals surface area contributed by atoms with E-state index in [1.165, 1.54) is 32.1 Å². The van der Waals surface area contributed by atoms with E-state index in [0.717, 1.165) is 25.5 Å². The van der Waals surface area contributed by atoms with Gasteiger partial charge in [-0.2, -0.15) is 0 Å². The summed E-state index contributed by atoms with van der Waals surface area (Å²) in [5, 5.41) is 3.15. The summed E-state index contributed by atoms with van der Waals surface area (Å²) in [5.41, 5.74) is 0. The fourth-order valence-corrected chi connectivity index (χ4v) is 2.26. The average Bonchev–Trinajstić information content (AvgIpc) is 2.25. The molecule has 0 spiro atoms. The lowest BCUT2D eigenvalue weighted by Crippen LogP contribution is -2.23. The molecular weight excluding hydrogens is 174 g/mol. The smallest absolute Gasteiger partial charge is 0.0577 e. The van der Waals surface area contributed by atoms with Gasteiger partial charge in [0.15, 0.2) is 0 Å². The van der Waals surface area contributed by atoms with Crippen molar-refractivity contribution in [3.8, 4) is 0 Å². The average molecular weight is 199 g/mol. The number of hydrogen-bond acceptors (Lipinski definition) is 2. The molecule has 84 valence electrons. The SMILES string of the molecule is CCC1CCCC(OCCCNC)C1. The zero-order valence-electron chi connectivity index (χ0n) is 9.72. The van der Waals surface area contributed by atoms with Gasteiger partial charge in [0, 0.05) is 6.61 Å². The highest BCUT2D eigenvalue weighted by Gasteiger charge is 2.20. The molecule has 2 unspecified atom stereocenters. The van der Waals surface area contributed by atoms with Gasteiger partial charge in [-0.05, 0) is 38.8 Å². The maximum absolute atomic E-state index is 5.88. The van der Waals surface area contributed by atoms with Crippen LogP contribution in [-0.2, 0) is 4.74 Å². The lowest BCUT2D eigenvalue weighted by atomic mass is 9.85. The van der Waals surface area contributed by atoms with Crippen molar-refractivity contribution in [2.75, 3.05) is 20.2 Å². The zero-order valence-corrected chi connectivity index (χ0v) is 9.72.